The van der Waals surface area contributed by atoms with E-state index in [1.165, 1.54) is 10.9 Å². The molecule has 1 saturated heterocycles. The minimum Gasteiger partial charge on any atom is -0.507 e. The number of carbonyl (C=O) groups excluding carboxylic acids is 1. The fourth-order valence-electron chi connectivity index (χ4n) is 3.84. The number of hydrogen-bond acceptors (Lipinski definition) is 7. The van der Waals surface area contributed by atoms with Crippen LogP contribution in [-0.4, -0.2) is 51.1 Å². The predicted octanol–water partition coefficient (Wildman–Crippen LogP) is 3.43. The number of benzene rings is 2. The molecule has 2 aromatic carbocycles. The number of para-hydroxylation sites is 2. The molecule has 1 amide bonds. The first-order chi connectivity index (χ1) is 16.0. The van der Waals surface area contributed by atoms with Gasteiger partial charge in [-0.3, -0.25) is 4.79 Å². The van der Waals surface area contributed by atoms with E-state index in [2.05, 4.69) is 36.3 Å². The summed E-state index contributed by atoms with van der Waals surface area (Å²) in [5, 5.41) is 17.5. The summed E-state index contributed by atoms with van der Waals surface area (Å²) in [6.07, 6.45) is 3.34. The quantitative estimate of drug-likeness (QED) is 0.354. The Bertz CT molecular complexity index is 1390. The first-order valence-electron chi connectivity index (χ1n) is 10.5. The number of anilines is 1. The fraction of sp³-hybridized carbons (Fsp3) is 0.217. The monoisotopic (exact) mass is 508 g/mol. The highest BCUT2D eigenvalue weighted by Crippen LogP contribution is 2.28. The number of halogens is 1. The topological polar surface area (TPSA) is 128 Å². The summed E-state index contributed by atoms with van der Waals surface area (Å²) in [6.45, 7) is 1.09. The number of hydrogen-bond donors (Lipinski definition) is 3. The van der Waals surface area contributed by atoms with Crippen LogP contribution in [0.2, 0.25) is 0 Å². The number of nitrogens with two attached hydrogens (primary N) is 1. The number of nitrogen functional groups attached to an aromatic ring is 1. The van der Waals surface area contributed by atoms with Gasteiger partial charge in [0, 0.05) is 23.2 Å². The van der Waals surface area contributed by atoms with E-state index in [1.54, 1.807) is 18.2 Å². The maximum absolute atomic E-state index is 13.1. The van der Waals surface area contributed by atoms with Crippen LogP contribution in [0.4, 0.5) is 5.82 Å². The summed E-state index contributed by atoms with van der Waals surface area (Å²) in [7, 11) is 0. The Balaban J connectivity index is 1.60. The first kappa shape index (κ1) is 21.4. The lowest BCUT2D eigenvalue weighted by Gasteiger charge is -2.10. The summed E-state index contributed by atoms with van der Waals surface area (Å²) in [4.78, 5) is 22.5. The number of aromatic hydroxyl groups is 1. The lowest BCUT2D eigenvalue weighted by Crippen LogP contribution is -2.32. The normalized spacial score (nSPS) is 16.2. The van der Waals surface area contributed by atoms with Crippen LogP contribution in [0.1, 0.15) is 28.8 Å². The maximum Gasteiger partial charge on any atom is 0.257 e. The van der Waals surface area contributed by atoms with Crippen LogP contribution >= 0.6 is 15.9 Å². The zero-order valence-corrected chi connectivity index (χ0v) is 19.1. The van der Waals surface area contributed by atoms with E-state index in [0.717, 1.165) is 17.3 Å². The third-order valence-electron chi connectivity index (χ3n) is 5.52. The van der Waals surface area contributed by atoms with Crippen molar-refractivity contribution < 1.29 is 14.6 Å². The summed E-state index contributed by atoms with van der Waals surface area (Å²) in [5.41, 5.74) is 9.07. The summed E-state index contributed by atoms with van der Waals surface area (Å²) in [5.74, 6) is -0.198. The highest BCUT2D eigenvalue weighted by molar-refractivity contribution is 9.10. The molecule has 5 rings (SSSR count). The second-order valence-corrected chi connectivity index (χ2v) is 8.67. The van der Waals surface area contributed by atoms with Crippen LogP contribution in [0.15, 0.2) is 52.0 Å². The third kappa shape index (κ3) is 4.14. The van der Waals surface area contributed by atoms with Crippen LogP contribution < -0.4 is 11.1 Å². The lowest BCUT2D eigenvalue weighted by molar-refractivity contribution is 0.0859. The molecule has 0 spiro atoms. The van der Waals surface area contributed by atoms with E-state index in [9.17, 15) is 9.90 Å². The Labute approximate surface area is 197 Å². The molecule has 4 aromatic rings. The minimum absolute atomic E-state index is 0.00652. The van der Waals surface area contributed by atoms with E-state index >= 15 is 0 Å². The minimum atomic E-state index is -0.364. The number of nitrogens with zero attached hydrogens (tertiary/aromatic N) is 4. The van der Waals surface area contributed by atoms with Gasteiger partial charge in [0.25, 0.3) is 5.91 Å². The summed E-state index contributed by atoms with van der Waals surface area (Å²) < 4.78 is 7.75. The molecular weight excluding hydrogens is 488 g/mol. The summed E-state index contributed by atoms with van der Waals surface area (Å²) >= 11 is 3.38. The Kier molecular flexibility index (Phi) is 5.69. The molecule has 1 atom stereocenters. The number of carbonyl (C=O) groups is 1. The molecule has 1 unspecified atom stereocenters. The predicted molar refractivity (Wildman–Crippen MR) is 130 cm³/mol. The molecule has 0 aliphatic carbocycles. The molecule has 1 aliphatic heterocycles. The molecule has 1 aliphatic rings. The Hall–Kier alpha value is -3.50. The molecule has 0 saturated carbocycles. The van der Waals surface area contributed by atoms with Gasteiger partial charge in [0.2, 0.25) is 0 Å². The second-order valence-electron chi connectivity index (χ2n) is 7.75. The SMILES string of the molecule is Nc1c(C(=O)NCC2CCCO2)c2nc3ccccc3nc2n1/N=C/c1cc(Br)ccc1O. The highest BCUT2D eigenvalue weighted by Gasteiger charge is 2.25. The number of phenolic OH excluding ortho intramolecular Hbond substituents is 1. The van der Waals surface area contributed by atoms with Crippen molar-refractivity contribution in [2.45, 2.75) is 18.9 Å². The van der Waals surface area contributed by atoms with Gasteiger partial charge in [0.15, 0.2) is 5.65 Å². The number of fused-ring (bicyclic) bond motifs is 2. The Morgan fingerprint density at radius 3 is 2.85 bits per heavy atom. The number of rotatable bonds is 5. The van der Waals surface area contributed by atoms with Gasteiger partial charge < -0.3 is 20.9 Å². The number of amides is 1. The zero-order chi connectivity index (χ0) is 22.9. The van der Waals surface area contributed by atoms with Gasteiger partial charge in [-0.05, 0) is 43.2 Å². The van der Waals surface area contributed by atoms with Crippen LogP contribution in [0.5, 0.6) is 5.75 Å². The van der Waals surface area contributed by atoms with E-state index in [-0.39, 0.29) is 29.1 Å². The fourth-order valence-corrected chi connectivity index (χ4v) is 4.22. The van der Waals surface area contributed by atoms with Gasteiger partial charge >= 0.3 is 0 Å². The van der Waals surface area contributed by atoms with Crippen LogP contribution in [0.25, 0.3) is 22.2 Å². The van der Waals surface area contributed by atoms with Gasteiger partial charge in [-0.15, -0.1) is 0 Å². The molecule has 9 nitrogen and oxygen atoms in total. The van der Waals surface area contributed by atoms with Gasteiger partial charge in [-0.1, -0.05) is 28.1 Å². The van der Waals surface area contributed by atoms with E-state index < -0.39 is 0 Å². The molecule has 0 bridgehead atoms. The number of phenols is 1. The molecular formula is C23H21BrN6O3. The maximum atomic E-state index is 13.1. The molecule has 168 valence electrons. The molecule has 33 heavy (non-hydrogen) atoms. The first-order valence-corrected chi connectivity index (χ1v) is 11.3. The van der Waals surface area contributed by atoms with E-state index in [1.807, 2.05) is 24.3 Å². The van der Waals surface area contributed by atoms with Crippen molar-refractivity contribution in [2.75, 3.05) is 18.9 Å². The van der Waals surface area contributed by atoms with Crippen molar-refractivity contribution in [2.24, 2.45) is 5.10 Å². The standard InChI is InChI=1S/C23H21BrN6O3/c24-14-7-8-18(31)13(10-14)11-27-30-21(25)19(23(32)26-12-15-4-3-9-33-15)20-22(30)29-17-6-2-1-5-16(17)28-20/h1-2,5-8,10-11,15,31H,3-4,9,12,25H2,(H,26,32)/b27-11+. The molecule has 0 radical (unpaired) electrons. The van der Waals surface area contributed by atoms with Crippen molar-refractivity contribution in [1.82, 2.24) is 20.0 Å². The van der Waals surface area contributed by atoms with Gasteiger partial charge in [-0.2, -0.15) is 9.78 Å². The molecule has 1 fully saturated rings. The van der Waals surface area contributed by atoms with Crippen molar-refractivity contribution in [3.05, 3.63) is 58.1 Å². The average molecular weight is 509 g/mol. The second kappa shape index (κ2) is 8.80. The molecule has 2 aromatic heterocycles. The number of nitrogens with one attached hydrogen (secondary N) is 1. The lowest BCUT2D eigenvalue weighted by atomic mass is 10.2. The van der Waals surface area contributed by atoms with Crippen LogP contribution in [-0.2, 0) is 4.74 Å². The third-order valence-corrected chi connectivity index (χ3v) is 6.01. The van der Waals surface area contributed by atoms with E-state index in [0.29, 0.717) is 40.9 Å². The van der Waals surface area contributed by atoms with Gasteiger partial charge in [0.1, 0.15) is 22.6 Å². The molecule has 4 N–H and O–H groups in total. The molecule has 10 heteroatoms. The largest absolute Gasteiger partial charge is 0.507 e. The van der Waals surface area contributed by atoms with Crippen LogP contribution in [0.3, 0.4) is 0 Å². The smallest absolute Gasteiger partial charge is 0.257 e. The highest BCUT2D eigenvalue weighted by atomic mass is 79.9. The van der Waals surface area contributed by atoms with Crippen molar-refractivity contribution in [1.29, 1.82) is 0 Å². The Morgan fingerprint density at radius 1 is 1.30 bits per heavy atom. The van der Waals surface area contributed by atoms with Crippen molar-refractivity contribution in [3.63, 3.8) is 0 Å². The molecule has 3 heterocycles. The summed E-state index contributed by atoms with van der Waals surface area (Å²) in [6, 6.07) is 12.4. The van der Waals surface area contributed by atoms with Crippen molar-refractivity contribution >= 4 is 56.1 Å². The van der Waals surface area contributed by atoms with Gasteiger partial charge in [0.05, 0.1) is 23.4 Å². The number of ether oxygens (including phenoxy) is 1. The van der Waals surface area contributed by atoms with Gasteiger partial charge in [-0.25, -0.2) is 9.97 Å². The zero-order valence-electron chi connectivity index (χ0n) is 17.5. The van der Waals surface area contributed by atoms with Crippen LogP contribution in [0, 0.1) is 0 Å². The Morgan fingerprint density at radius 2 is 2.09 bits per heavy atom. The van der Waals surface area contributed by atoms with E-state index in [4.69, 9.17) is 10.5 Å². The number of aromatic nitrogens is 3. The van der Waals surface area contributed by atoms with Crippen molar-refractivity contribution in [3.8, 4) is 5.75 Å². The average Bonchev–Trinajstić information content (AvgIpc) is 3.42.